The van der Waals surface area contributed by atoms with E-state index in [4.69, 9.17) is 13.9 Å². The maximum atomic E-state index is 5.88. The third kappa shape index (κ3) is 2.36. The highest BCUT2D eigenvalue weighted by atomic mass is 16.5. The Hall–Kier alpha value is -2.01. The quantitative estimate of drug-likeness (QED) is 0.929. The zero-order valence-electron chi connectivity index (χ0n) is 11.7. The fourth-order valence-electron chi connectivity index (χ4n) is 2.47. The smallest absolute Gasteiger partial charge is 0.212 e. The Morgan fingerprint density at radius 2 is 2.20 bits per heavy atom. The molecule has 1 saturated heterocycles. The third-order valence-corrected chi connectivity index (χ3v) is 3.56. The molecule has 1 N–H and O–H groups in total. The number of hydrogen-bond donors (Lipinski definition) is 1. The number of rotatable bonds is 4. The summed E-state index contributed by atoms with van der Waals surface area (Å²) in [6.07, 6.45) is 3.98. The molecule has 1 aromatic heterocycles. The first-order chi connectivity index (χ1) is 9.81. The molecular weight excluding hydrogens is 256 g/mol. The average Bonchev–Trinajstić information content (AvgIpc) is 3.17. The van der Waals surface area contributed by atoms with Gasteiger partial charge in [0.15, 0.2) is 5.76 Å². The predicted octanol–water partition coefficient (Wildman–Crippen LogP) is 2.78. The van der Waals surface area contributed by atoms with Gasteiger partial charge in [0.25, 0.3) is 0 Å². The molecule has 1 aliphatic rings. The second-order valence-electron chi connectivity index (χ2n) is 4.78. The van der Waals surface area contributed by atoms with E-state index in [1.54, 1.807) is 20.4 Å². The van der Waals surface area contributed by atoms with Crippen LogP contribution in [0.5, 0.6) is 11.5 Å². The van der Waals surface area contributed by atoms with Crippen molar-refractivity contribution < 1.29 is 13.9 Å². The van der Waals surface area contributed by atoms with E-state index in [1.165, 1.54) is 0 Å². The van der Waals surface area contributed by atoms with Crippen LogP contribution in [0.1, 0.15) is 24.8 Å². The summed E-state index contributed by atoms with van der Waals surface area (Å²) in [7, 11) is 3.26. The van der Waals surface area contributed by atoms with Crippen LogP contribution in [-0.2, 0) is 0 Å². The SMILES string of the molecule is COc1ccc(-c2cnc(C3CCCN3)o2)c(OC)c1. The lowest BCUT2D eigenvalue weighted by Crippen LogP contribution is -2.12. The standard InChI is InChI=1S/C15H18N2O3/c1-18-10-5-6-11(13(8-10)19-2)14-9-17-15(20-14)12-4-3-7-16-12/h5-6,8-9,12,16H,3-4,7H2,1-2H3. The van der Waals surface area contributed by atoms with Gasteiger partial charge in [0.05, 0.1) is 32.0 Å². The van der Waals surface area contributed by atoms with Gasteiger partial charge in [0.2, 0.25) is 5.89 Å². The minimum atomic E-state index is 0.230. The third-order valence-electron chi connectivity index (χ3n) is 3.56. The van der Waals surface area contributed by atoms with Gasteiger partial charge in [-0.25, -0.2) is 4.98 Å². The zero-order chi connectivity index (χ0) is 13.9. The molecule has 0 saturated carbocycles. The number of ether oxygens (including phenoxy) is 2. The Balaban J connectivity index is 1.92. The maximum Gasteiger partial charge on any atom is 0.212 e. The number of nitrogens with zero attached hydrogens (tertiary/aromatic N) is 1. The Labute approximate surface area is 117 Å². The van der Waals surface area contributed by atoms with E-state index in [-0.39, 0.29) is 6.04 Å². The van der Waals surface area contributed by atoms with Crippen LogP contribution in [0.3, 0.4) is 0 Å². The van der Waals surface area contributed by atoms with Gasteiger partial charge in [0.1, 0.15) is 11.5 Å². The summed E-state index contributed by atoms with van der Waals surface area (Å²) in [6, 6.07) is 5.87. The number of aromatic nitrogens is 1. The molecule has 20 heavy (non-hydrogen) atoms. The molecule has 1 fully saturated rings. The van der Waals surface area contributed by atoms with Crippen LogP contribution < -0.4 is 14.8 Å². The van der Waals surface area contributed by atoms with Crippen LogP contribution in [0.4, 0.5) is 0 Å². The van der Waals surface area contributed by atoms with Crippen molar-refractivity contribution in [2.24, 2.45) is 0 Å². The number of nitrogens with one attached hydrogen (secondary N) is 1. The van der Waals surface area contributed by atoms with Crippen molar-refractivity contribution in [2.75, 3.05) is 20.8 Å². The van der Waals surface area contributed by atoms with Crippen molar-refractivity contribution in [3.8, 4) is 22.8 Å². The summed E-state index contributed by atoms with van der Waals surface area (Å²) >= 11 is 0. The van der Waals surface area contributed by atoms with Gasteiger partial charge >= 0.3 is 0 Å². The van der Waals surface area contributed by atoms with Crippen molar-refractivity contribution in [3.05, 3.63) is 30.3 Å². The second-order valence-corrected chi connectivity index (χ2v) is 4.78. The van der Waals surface area contributed by atoms with Crippen molar-refractivity contribution in [3.63, 3.8) is 0 Å². The first-order valence-electron chi connectivity index (χ1n) is 6.73. The van der Waals surface area contributed by atoms with Crippen molar-refractivity contribution in [1.29, 1.82) is 0 Å². The van der Waals surface area contributed by atoms with Crippen LogP contribution in [-0.4, -0.2) is 25.7 Å². The molecule has 0 spiro atoms. The van der Waals surface area contributed by atoms with Gasteiger partial charge in [-0.3, -0.25) is 0 Å². The molecule has 5 nitrogen and oxygen atoms in total. The summed E-state index contributed by atoms with van der Waals surface area (Å²) < 4.78 is 16.5. The molecule has 1 unspecified atom stereocenters. The molecule has 2 aromatic rings. The summed E-state index contributed by atoms with van der Waals surface area (Å²) in [5, 5.41) is 3.38. The predicted molar refractivity (Wildman–Crippen MR) is 75.0 cm³/mol. The first-order valence-corrected chi connectivity index (χ1v) is 6.73. The Kier molecular flexibility index (Phi) is 3.60. The van der Waals surface area contributed by atoms with Crippen molar-refractivity contribution in [1.82, 2.24) is 10.3 Å². The topological polar surface area (TPSA) is 56.5 Å². The fourth-order valence-corrected chi connectivity index (χ4v) is 2.47. The van der Waals surface area contributed by atoms with E-state index >= 15 is 0 Å². The Morgan fingerprint density at radius 3 is 2.90 bits per heavy atom. The van der Waals surface area contributed by atoms with E-state index in [2.05, 4.69) is 10.3 Å². The lowest BCUT2D eigenvalue weighted by atomic mass is 10.1. The highest BCUT2D eigenvalue weighted by Gasteiger charge is 2.22. The molecule has 1 aliphatic heterocycles. The number of oxazole rings is 1. The average molecular weight is 274 g/mol. The molecule has 0 radical (unpaired) electrons. The molecule has 1 aromatic carbocycles. The van der Waals surface area contributed by atoms with E-state index in [0.29, 0.717) is 11.5 Å². The van der Waals surface area contributed by atoms with Gasteiger partial charge < -0.3 is 19.2 Å². The molecule has 0 aliphatic carbocycles. The van der Waals surface area contributed by atoms with Crippen molar-refractivity contribution in [2.45, 2.75) is 18.9 Å². The van der Waals surface area contributed by atoms with Crippen molar-refractivity contribution >= 4 is 0 Å². The maximum absolute atomic E-state index is 5.88. The van der Waals surface area contributed by atoms with Gasteiger partial charge in [-0.2, -0.15) is 0 Å². The largest absolute Gasteiger partial charge is 0.497 e. The number of benzene rings is 1. The molecule has 106 valence electrons. The number of hydrogen-bond acceptors (Lipinski definition) is 5. The summed E-state index contributed by atoms with van der Waals surface area (Å²) in [5.74, 6) is 2.93. The normalized spacial score (nSPS) is 18.2. The van der Waals surface area contributed by atoms with Crippen LogP contribution in [0.25, 0.3) is 11.3 Å². The highest BCUT2D eigenvalue weighted by molar-refractivity contribution is 5.66. The highest BCUT2D eigenvalue weighted by Crippen LogP contribution is 2.35. The molecule has 0 bridgehead atoms. The molecular formula is C15H18N2O3. The summed E-state index contributed by atoms with van der Waals surface area (Å²) in [6.45, 7) is 1.02. The summed E-state index contributed by atoms with van der Waals surface area (Å²) in [5.41, 5.74) is 0.880. The van der Waals surface area contributed by atoms with Crippen LogP contribution in [0.15, 0.2) is 28.8 Å². The minimum absolute atomic E-state index is 0.230. The molecule has 0 amide bonds. The van der Waals surface area contributed by atoms with Gasteiger partial charge in [-0.15, -0.1) is 0 Å². The van der Waals surface area contributed by atoms with Crippen LogP contribution in [0.2, 0.25) is 0 Å². The zero-order valence-corrected chi connectivity index (χ0v) is 11.7. The van der Waals surface area contributed by atoms with E-state index < -0.39 is 0 Å². The van der Waals surface area contributed by atoms with Gasteiger partial charge in [0, 0.05) is 6.07 Å². The van der Waals surface area contributed by atoms with E-state index in [1.807, 2.05) is 18.2 Å². The molecule has 5 heteroatoms. The first kappa shape index (κ1) is 13.0. The second kappa shape index (κ2) is 5.54. The van der Waals surface area contributed by atoms with Gasteiger partial charge in [-0.05, 0) is 31.5 Å². The summed E-state index contributed by atoms with van der Waals surface area (Å²) in [4.78, 5) is 4.38. The lowest BCUT2D eigenvalue weighted by molar-refractivity contribution is 0.393. The van der Waals surface area contributed by atoms with E-state index in [0.717, 1.165) is 36.6 Å². The minimum Gasteiger partial charge on any atom is -0.497 e. The molecule has 2 heterocycles. The van der Waals surface area contributed by atoms with Crippen LogP contribution in [0, 0.1) is 0 Å². The molecule has 1 atom stereocenters. The Bertz CT molecular complexity index is 589. The lowest BCUT2D eigenvalue weighted by Gasteiger charge is -2.08. The monoisotopic (exact) mass is 274 g/mol. The number of methoxy groups -OCH3 is 2. The molecule has 3 rings (SSSR count). The van der Waals surface area contributed by atoms with Gasteiger partial charge in [-0.1, -0.05) is 0 Å². The Morgan fingerprint density at radius 1 is 1.30 bits per heavy atom. The fraction of sp³-hybridized carbons (Fsp3) is 0.400. The van der Waals surface area contributed by atoms with Crippen LogP contribution >= 0.6 is 0 Å². The van der Waals surface area contributed by atoms with E-state index in [9.17, 15) is 0 Å².